The normalized spacial score (nSPS) is 10.8. The summed E-state index contributed by atoms with van der Waals surface area (Å²) in [5, 5.41) is 10.5. The van der Waals surface area contributed by atoms with Crippen molar-refractivity contribution >= 4 is 28.4 Å². The van der Waals surface area contributed by atoms with Crippen molar-refractivity contribution < 1.29 is 0 Å². The van der Waals surface area contributed by atoms with Crippen molar-refractivity contribution in [2.45, 2.75) is 19.9 Å². The zero-order valence-electron chi connectivity index (χ0n) is 9.29. The number of aromatic amines is 1. The van der Waals surface area contributed by atoms with Gasteiger partial charge < -0.3 is 5.32 Å². The topological polar surface area (TPSA) is 40.7 Å². The lowest BCUT2D eigenvalue weighted by atomic mass is 10.1. The van der Waals surface area contributed by atoms with E-state index in [0.717, 1.165) is 17.1 Å². The zero-order valence-corrected chi connectivity index (χ0v) is 11.4. The first-order valence-corrected chi connectivity index (χ1v) is 6.31. The van der Waals surface area contributed by atoms with Crippen LogP contribution >= 0.6 is 22.6 Å². The van der Waals surface area contributed by atoms with Crippen molar-refractivity contribution in [2.75, 3.05) is 5.32 Å². The maximum Gasteiger partial charge on any atom is 0.148 e. The fourth-order valence-electron chi connectivity index (χ4n) is 1.47. The Morgan fingerprint density at radius 2 is 1.94 bits per heavy atom. The number of hydrogen-bond acceptors (Lipinski definition) is 2. The summed E-state index contributed by atoms with van der Waals surface area (Å²) in [6.07, 6.45) is 0. The molecule has 0 aliphatic carbocycles. The Kier molecular flexibility index (Phi) is 3.48. The maximum atomic E-state index is 4.22. The van der Waals surface area contributed by atoms with Crippen molar-refractivity contribution in [3.05, 3.63) is 33.9 Å². The van der Waals surface area contributed by atoms with Gasteiger partial charge in [0.05, 0.1) is 5.69 Å². The summed E-state index contributed by atoms with van der Waals surface area (Å²) in [5.41, 5.74) is 2.20. The highest BCUT2D eigenvalue weighted by molar-refractivity contribution is 14.1. The summed E-state index contributed by atoms with van der Waals surface area (Å²) < 4.78 is 1.24. The number of halogens is 1. The molecule has 4 heteroatoms. The lowest BCUT2D eigenvalue weighted by Gasteiger charge is -2.04. The minimum absolute atomic E-state index is 0.396. The Morgan fingerprint density at radius 3 is 2.56 bits per heavy atom. The van der Waals surface area contributed by atoms with Crippen molar-refractivity contribution in [1.29, 1.82) is 0 Å². The number of hydrogen-bond donors (Lipinski definition) is 2. The molecule has 0 fully saturated rings. The van der Waals surface area contributed by atoms with Gasteiger partial charge in [-0.1, -0.05) is 12.1 Å². The Hall–Kier alpha value is -1.04. The predicted molar refractivity (Wildman–Crippen MR) is 75.5 cm³/mol. The van der Waals surface area contributed by atoms with E-state index in [1.54, 1.807) is 0 Å². The van der Waals surface area contributed by atoms with Gasteiger partial charge in [-0.05, 0) is 54.1 Å². The molecule has 0 atom stereocenters. The molecule has 0 aliphatic rings. The van der Waals surface area contributed by atoms with E-state index in [2.05, 4.69) is 76.2 Å². The van der Waals surface area contributed by atoms with Crippen LogP contribution in [0, 0.1) is 3.57 Å². The summed E-state index contributed by atoms with van der Waals surface area (Å²) in [6.45, 7) is 4.19. The SMILES string of the molecule is CC(C)Nc1cc(-c2ccc(I)cc2)[nH]n1. The van der Waals surface area contributed by atoms with Gasteiger partial charge in [-0.3, -0.25) is 5.10 Å². The molecule has 0 bridgehead atoms. The molecule has 16 heavy (non-hydrogen) atoms. The van der Waals surface area contributed by atoms with Gasteiger partial charge in [-0.2, -0.15) is 5.10 Å². The maximum absolute atomic E-state index is 4.22. The van der Waals surface area contributed by atoms with E-state index in [9.17, 15) is 0 Å². The number of anilines is 1. The monoisotopic (exact) mass is 327 g/mol. The molecule has 0 unspecified atom stereocenters. The Labute approximate surface area is 109 Å². The average molecular weight is 327 g/mol. The van der Waals surface area contributed by atoms with Gasteiger partial charge in [0.1, 0.15) is 5.82 Å². The van der Waals surface area contributed by atoms with E-state index in [1.807, 2.05) is 6.07 Å². The van der Waals surface area contributed by atoms with Crippen LogP contribution in [-0.4, -0.2) is 16.2 Å². The summed E-state index contributed by atoms with van der Waals surface area (Å²) in [5.74, 6) is 0.892. The summed E-state index contributed by atoms with van der Waals surface area (Å²) in [4.78, 5) is 0. The van der Waals surface area contributed by atoms with Crippen LogP contribution in [0.3, 0.4) is 0 Å². The second-order valence-electron chi connectivity index (χ2n) is 3.97. The van der Waals surface area contributed by atoms with E-state index in [4.69, 9.17) is 0 Å². The summed E-state index contributed by atoms with van der Waals surface area (Å²) in [7, 11) is 0. The molecule has 0 radical (unpaired) electrons. The zero-order chi connectivity index (χ0) is 11.5. The molecule has 1 aromatic heterocycles. The van der Waals surface area contributed by atoms with Crippen LogP contribution in [0.5, 0.6) is 0 Å². The van der Waals surface area contributed by atoms with Gasteiger partial charge in [0.2, 0.25) is 0 Å². The highest BCUT2D eigenvalue weighted by Crippen LogP contribution is 2.20. The molecule has 0 amide bonds. The Balaban J connectivity index is 2.21. The minimum atomic E-state index is 0.396. The van der Waals surface area contributed by atoms with Gasteiger partial charge in [0.15, 0.2) is 0 Å². The van der Waals surface area contributed by atoms with Crippen LogP contribution in [-0.2, 0) is 0 Å². The molecule has 0 saturated heterocycles. The third-order valence-electron chi connectivity index (χ3n) is 2.17. The highest BCUT2D eigenvalue weighted by Gasteiger charge is 2.03. The molecular weight excluding hydrogens is 313 g/mol. The van der Waals surface area contributed by atoms with Gasteiger partial charge in [-0.15, -0.1) is 0 Å². The third-order valence-corrected chi connectivity index (χ3v) is 2.89. The first-order chi connectivity index (χ1) is 7.65. The predicted octanol–water partition coefficient (Wildman–Crippen LogP) is 3.50. The Morgan fingerprint density at radius 1 is 1.25 bits per heavy atom. The largest absolute Gasteiger partial charge is 0.366 e. The van der Waals surface area contributed by atoms with Crippen molar-refractivity contribution in [3.8, 4) is 11.3 Å². The number of nitrogens with one attached hydrogen (secondary N) is 2. The lowest BCUT2D eigenvalue weighted by Crippen LogP contribution is -2.09. The molecule has 2 N–H and O–H groups in total. The van der Waals surface area contributed by atoms with Crippen molar-refractivity contribution in [2.24, 2.45) is 0 Å². The standard InChI is InChI=1S/C12H14IN3/c1-8(2)14-12-7-11(15-16-12)9-3-5-10(13)6-4-9/h3-8H,1-2H3,(H2,14,15,16). The number of aromatic nitrogens is 2. The van der Waals surface area contributed by atoms with Gasteiger partial charge in [0.25, 0.3) is 0 Å². The highest BCUT2D eigenvalue weighted by atomic mass is 127. The van der Waals surface area contributed by atoms with Gasteiger partial charge in [-0.25, -0.2) is 0 Å². The summed E-state index contributed by atoms with van der Waals surface area (Å²) >= 11 is 2.30. The second kappa shape index (κ2) is 4.86. The van der Waals surface area contributed by atoms with E-state index in [-0.39, 0.29) is 0 Å². The summed E-state index contributed by atoms with van der Waals surface area (Å²) in [6, 6.07) is 10.8. The number of benzene rings is 1. The molecule has 0 spiro atoms. The first-order valence-electron chi connectivity index (χ1n) is 5.23. The average Bonchev–Trinajstić information content (AvgIpc) is 2.66. The number of rotatable bonds is 3. The molecule has 2 aromatic rings. The lowest BCUT2D eigenvalue weighted by molar-refractivity contribution is 0.884. The fraction of sp³-hybridized carbons (Fsp3) is 0.250. The van der Waals surface area contributed by atoms with E-state index in [0.29, 0.717) is 6.04 Å². The van der Waals surface area contributed by atoms with Crippen LogP contribution in [0.25, 0.3) is 11.3 Å². The first kappa shape index (κ1) is 11.4. The molecule has 1 aromatic carbocycles. The molecule has 2 rings (SSSR count). The second-order valence-corrected chi connectivity index (χ2v) is 5.22. The molecular formula is C12H14IN3. The molecule has 84 valence electrons. The third kappa shape index (κ3) is 2.75. The number of H-pyrrole nitrogens is 1. The van der Waals surface area contributed by atoms with Crippen LogP contribution in [0.2, 0.25) is 0 Å². The van der Waals surface area contributed by atoms with Crippen molar-refractivity contribution in [1.82, 2.24) is 10.2 Å². The Bertz CT molecular complexity index is 459. The van der Waals surface area contributed by atoms with E-state index in [1.165, 1.54) is 3.57 Å². The number of nitrogens with zero attached hydrogens (tertiary/aromatic N) is 1. The van der Waals surface area contributed by atoms with Gasteiger partial charge in [0, 0.05) is 15.7 Å². The van der Waals surface area contributed by atoms with E-state index >= 15 is 0 Å². The van der Waals surface area contributed by atoms with Crippen LogP contribution in [0.15, 0.2) is 30.3 Å². The van der Waals surface area contributed by atoms with Crippen molar-refractivity contribution in [3.63, 3.8) is 0 Å². The van der Waals surface area contributed by atoms with Gasteiger partial charge >= 0.3 is 0 Å². The quantitative estimate of drug-likeness (QED) is 0.847. The molecule has 1 heterocycles. The van der Waals surface area contributed by atoms with E-state index < -0.39 is 0 Å². The molecule has 0 aliphatic heterocycles. The fourth-order valence-corrected chi connectivity index (χ4v) is 1.83. The smallest absolute Gasteiger partial charge is 0.148 e. The minimum Gasteiger partial charge on any atom is -0.366 e. The molecule has 0 saturated carbocycles. The van der Waals surface area contributed by atoms with Crippen LogP contribution in [0.1, 0.15) is 13.8 Å². The van der Waals surface area contributed by atoms with Crippen LogP contribution < -0.4 is 5.32 Å². The molecule has 3 nitrogen and oxygen atoms in total. The van der Waals surface area contributed by atoms with Crippen LogP contribution in [0.4, 0.5) is 5.82 Å².